The Hall–Kier alpha value is -2.98. The molecule has 2 aromatic rings. The maximum atomic E-state index is 4.15. The lowest BCUT2D eigenvalue weighted by atomic mass is 9.83. The molecule has 1 saturated carbocycles. The number of benzene rings is 2. The van der Waals surface area contributed by atoms with Gasteiger partial charge in [0.2, 0.25) is 0 Å². The van der Waals surface area contributed by atoms with Gasteiger partial charge >= 0.3 is 0 Å². The minimum atomic E-state index is -1.92. The fourth-order valence-corrected chi connectivity index (χ4v) is 13.6. The second kappa shape index (κ2) is 9.89. The van der Waals surface area contributed by atoms with Crippen LogP contribution in [0.15, 0.2) is 121 Å². The summed E-state index contributed by atoms with van der Waals surface area (Å²) in [7, 11) is -1.92. The fourth-order valence-electron chi connectivity index (χ4n) is 8.64. The molecule has 0 spiro atoms. The van der Waals surface area contributed by atoms with Crippen LogP contribution in [0.4, 0.5) is 0 Å². The molecular weight excluding hydrogens is 488 g/mol. The van der Waals surface area contributed by atoms with E-state index in [1.165, 1.54) is 22.3 Å². The Balaban J connectivity index is 1.24. The first kappa shape index (κ1) is 25.0. The summed E-state index contributed by atoms with van der Waals surface area (Å²) in [6.07, 6.45) is 28.0. The van der Waals surface area contributed by atoms with Gasteiger partial charge in [-0.15, -0.1) is 0 Å². The zero-order valence-electron chi connectivity index (χ0n) is 23.3. The first-order valence-electron chi connectivity index (χ1n) is 14.9. The third-order valence-electron chi connectivity index (χ3n) is 10.2. The van der Waals surface area contributed by atoms with Crippen LogP contribution in [-0.2, 0) is 0 Å². The molecule has 0 amide bonds. The minimum Gasteiger partial charge on any atom is -0.301 e. The Kier molecular flexibility index (Phi) is 6.34. The Morgan fingerprint density at radius 3 is 1.97 bits per heavy atom. The fraction of sp³-hybridized carbons (Fsp3) is 0.333. The zero-order chi connectivity index (χ0) is 26.6. The lowest BCUT2D eigenvalue weighted by Gasteiger charge is -2.48. The summed E-state index contributed by atoms with van der Waals surface area (Å²) in [5.41, 5.74) is 6.01. The summed E-state index contributed by atoms with van der Waals surface area (Å²) in [5.74, 6) is 2.51. The van der Waals surface area contributed by atoms with Crippen molar-refractivity contribution in [1.29, 1.82) is 0 Å². The quantitative estimate of drug-likeness (QED) is 0.396. The second-order valence-corrected chi connectivity index (χ2v) is 16.9. The van der Waals surface area contributed by atoms with Gasteiger partial charge in [-0.3, -0.25) is 5.32 Å². The van der Waals surface area contributed by atoms with E-state index in [-0.39, 0.29) is 0 Å². The van der Waals surface area contributed by atoms with E-state index in [2.05, 4.69) is 151 Å². The van der Waals surface area contributed by atoms with Gasteiger partial charge in [0.25, 0.3) is 0 Å². The van der Waals surface area contributed by atoms with Crippen molar-refractivity contribution in [3.05, 3.63) is 127 Å². The number of rotatable bonds is 5. The van der Waals surface area contributed by atoms with Gasteiger partial charge in [0, 0.05) is 6.04 Å². The summed E-state index contributed by atoms with van der Waals surface area (Å²) < 4.78 is 2.99. The van der Waals surface area contributed by atoms with E-state index in [9.17, 15) is 0 Å². The molecule has 7 atom stereocenters. The number of nitrogens with zero attached hydrogens (tertiary/aromatic N) is 1. The van der Waals surface area contributed by atoms with E-state index < -0.39 is 8.24 Å². The first-order chi connectivity index (χ1) is 19.1. The molecule has 2 aromatic carbocycles. The van der Waals surface area contributed by atoms with Crippen LogP contribution in [0.3, 0.4) is 0 Å². The lowest BCUT2D eigenvalue weighted by molar-refractivity contribution is 0.312. The SMILES string of the molecule is CC[C@H]1NC2C(c3cccc(-c4ccccc4)c3)=CC=C[C@H]2N1[Si](C)(C)C1C2C=CC=CC2C2C=CC=CC21. The molecule has 0 aromatic heterocycles. The molecule has 198 valence electrons. The van der Waals surface area contributed by atoms with Crippen molar-refractivity contribution in [2.45, 2.75) is 50.2 Å². The van der Waals surface area contributed by atoms with Gasteiger partial charge in [-0.1, -0.05) is 135 Å². The summed E-state index contributed by atoms with van der Waals surface area (Å²) in [6.45, 7) is 7.70. The first-order valence-corrected chi connectivity index (χ1v) is 17.9. The summed E-state index contributed by atoms with van der Waals surface area (Å²) in [5, 5.41) is 4.15. The highest BCUT2D eigenvalue weighted by molar-refractivity contribution is 6.76. The van der Waals surface area contributed by atoms with Gasteiger partial charge in [-0.25, -0.2) is 0 Å². The maximum Gasteiger partial charge on any atom is 0.129 e. The van der Waals surface area contributed by atoms with Crippen LogP contribution in [-0.4, -0.2) is 31.1 Å². The van der Waals surface area contributed by atoms with Crippen molar-refractivity contribution in [2.75, 3.05) is 0 Å². The Morgan fingerprint density at radius 1 is 0.692 bits per heavy atom. The largest absolute Gasteiger partial charge is 0.301 e. The number of fused-ring (bicyclic) bond motifs is 4. The molecule has 2 nitrogen and oxygen atoms in total. The highest BCUT2D eigenvalue weighted by Gasteiger charge is 2.59. The monoisotopic (exact) mass is 528 g/mol. The topological polar surface area (TPSA) is 15.3 Å². The van der Waals surface area contributed by atoms with Crippen LogP contribution in [0.25, 0.3) is 16.7 Å². The van der Waals surface area contributed by atoms with Crippen molar-refractivity contribution >= 4 is 13.8 Å². The van der Waals surface area contributed by atoms with Crippen LogP contribution >= 0.6 is 0 Å². The number of allylic oxidation sites excluding steroid dienone is 10. The molecule has 1 N–H and O–H groups in total. The maximum absolute atomic E-state index is 4.15. The lowest BCUT2D eigenvalue weighted by Crippen LogP contribution is -2.60. The molecule has 1 aliphatic heterocycles. The van der Waals surface area contributed by atoms with Gasteiger partial charge in [-0.2, -0.15) is 0 Å². The molecule has 5 unspecified atom stereocenters. The van der Waals surface area contributed by atoms with Crippen molar-refractivity contribution < 1.29 is 0 Å². The van der Waals surface area contributed by atoms with Crippen molar-refractivity contribution in [2.24, 2.45) is 23.7 Å². The van der Waals surface area contributed by atoms with Crippen LogP contribution in [0.1, 0.15) is 18.9 Å². The Labute approximate surface area is 235 Å². The van der Waals surface area contributed by atoms with Crippen molar-refractivity contribution in [3.8, 4) is 11.1 Å². The normalized spacial score (nSPS) is 34.6. The zero-order valence-corrected chi connectivity index (χ0v) is 24.3. The number of hydrogen-bond acceptors (Lipinski definition) is 2. The standard InChI is InChI=1S/C36H40N2Si/c1-4-34-37-35-28(27-17-12-16-26(24-27)25-14-6-5-7-15-25)22-13-23-33(35)38(34)39(2,3)36-31-20-10-8-18-29(31)30-19-9-11-21-32(30)36/h5-24,29-37H,4H2,1-3H3/t29?,30?,31?,32?,33-,34+,35?,36?/m1/s1. The number of hydrogen-bond donors (Lipinski definition) is 1. The molecule has 3 heteroatoms. The van der Waals surface area contributed by atoms with E-state index in [0.717, 1.165) is 6.42 Å². The predicted octanol–water partition coefficient (Wildman–Crippen LogP) is 7.99. The van der Waals surface area contributed by atoms with Crippen molar-refractivity contribution in [1.82, 2.24) is 9.88 Å². The smallest absolute Gasteiger partial charge is 0.129 e. The highest BCUT2D eigenvalue weighted by Crippen LogP contribution is 2.59. The molecule has 1 saturated heterocycles. The van der Waals surface area contributed by atoms with Gasteiger partial charge in [-0.05, 0) is 64.0 Å². The van der Waals surface area contributed by atoms with E-state index in [4.69, 9.17) is 0 Å². The van der Waals surface area contributed by atoms with Gasteiger partial charge in [0.1, 0.15) is 8.24 Å². The average Bonchev–Trinajstić information content (AvgIpc) is 3.54. The van der Waals surface area contributed by atoms with Crippen LogP contribution in [0, 0.1) is 23.7 Å². The third-order valence-corrected chi connectivity index (χ3v) is 14.5. The number of nitrogens with one attached hydrogen (secondary N) is 1. The molecule has 7 rings (SSSR count). The summed E-state index contributed by atoms with van der Waals surface area (Å²) >= 11 is 0. The molecule has 4 aliphatic carbocycles. The third kappa shape index (κ3) is 4.06. The van der Waals surface area contributed by atoms with E-state index in [0.29, 0.717) is 47.5 Å². The van der Waals surface area contributed by atoms with Crippen molar-refractivity contribution in [3.63, 3.8) is 0 Å². The van der Waals surface area contributed by atoms with Crippen LogP contribution in [0.5, 0.6) is 0 Å². The van der Waals surface area contributed by atoms with Crippen LogP contribution < -0.4 is 5.32 Å². The molecule has 2 fully saturated rings. The van der Waals surface area contributed by atoms with Gasteiger partial charge in [0.15, 0.2) is 0 Å². The Morgan fingerprint density at radius 2 is 1.31 bits per heavy atom. The Bertz CT molecular complexity index is 1380. The van der Waals surface area contributed by atoms with Gasteiger partial charge in [0.05, 0.1) is 12.2 Å². The highest BCUT2D eigenvalue weighted by atomic mass is 28.3. The summed E-state index contributed by atoms with van der Waals surface area (Å²) in [6, 6.07) is 20.6. The minimum absolute atomic E-state index is 0.314. The predicted molar refractivity (Wildman–Crippen MR) is 167 cm³/mol. The van der Waals surface area contributed by atoms with Gasteiger partial charge < -0.3 is 4.57 Å². The molecule has 0 radical (unpaired) electrons. The molecule has 39 heavy (non-hydrogen) atoms. The molecular formula is C36H40N2Si. The average molecular weight is 529 g/mol. The van der Waals surface area contributed by atoms with E-state index in [1.807, 2.05) is 0 Å². The molecule has 1 heterocycles. The van der Waals surface area contributed by atoms with E-state index in [1.54, 1.807) is 0 Å². The van der Waals surface area contributed by atoms with Crippen LogP contribution in [0.2, 0.25) is 18.6 Å². The molecule has 0 bridgehead atoms. The molecule has 5 aliphatic rings. The summed E-state index contributed by atoms with van der Waals surface area (Å²) in [4.78, 5) is 0. The second-order valence-electron chi connectivity index (χ2n) is 12.4. The van der Waals surface area contributed by atoms with E-state index >= 15 is 0 Å².